The van der Waals surface area contributed by atoms with Gasteiger partial charge in [0.2, 0.25) is 5.91 Å². The summed E-state index contributed by atoms with van der Waals surface area (Å²) in [5.74, 6) is 0.867. The van der Waals surface area contributed by atoms with E-state index in [1.807, 2.05) is 19.1 Å². The molecule has 5 heteroatoms. The lowest BCUT2D eigenvalue weighted by Crippen LogP contribution is -2.23. The van der Waals surface area contributed by atoms with Gasteiger partial charge < -0.3 is 14.4 Å². The van der Waals surface area contributed by atoms with Crippen LogP contribution in [0.5, 0.6) is 5.75 Å². The second-order valence-corrected chi connectivity index (χ2v) is 6.36. The van der Waals surface area contributed by atoms with Gasteiger partial charge >= 0.3 is 5.97 Å². The predicted octanol–water partition coefficient (Wildman–Crippen LogP) is 3.17. The Kier molecular flexibility index (Phi) is 6.02. The molecule has 1 aliphatic rings. The Morgan fingerprint density at radius 1 is 1.22 bits per heavy atom. The molecule has 126 valence electrons. The fourth-order valence-corrected chi connectivity index (χ4v) is 2.76. The van der Waals surface area contributed by atoms with Gasteiger partial charge in [-0.15, -0.1) is 0 Å². The maximum absolute atomic E-state index is 11.7. The molecule has 5 nitrogen and oxygen atoms in total. The highest BCUT2D eigenvalue weighted by molar-refractivity contribution is 5.95. The molecular weight excluding hydrogens is 294 g/mol. The second-order valence-electron chi connectivity index (χ2n) is 6.36. The van der Waals surface area contributed by atoms with Crippen LogP contribution in [0.15, 0.2) is 24.3 Å². The molecule has 1 amide bonds. The van der Waals surface area contributed by atoms with Gasteiger partial charge in [-0.3, -0.25) is 4.79 Å². The van der Waals surface area contributed by atoms with Gasteiger partial charge in [0, 0.05) is 18.7 Å². The number of ether oxygens (including phenoxy) is 2. The molecule has 0 radical (unpaired) electrons. The van der Waals surface area contributed by atoms with E-state index < -0.39 is 0 Å². The van der Waals surface area contributed by atoms with E-state index in [9.17, 15) is 9.59 Å². The quantitative estimate of drug-likeness (QED) is 0.724. The van der Waals surface area contributed by atoms with Crippen molar-refractivity contribution < 1.29 is 19.1 Å². The van der Waals surface area contributed by atoms with Crippen LogP contribution in [0.2, 0.25) is 0 Å². The summed E-state index contributed by atoms with van der Waals surface area (Å²) in [4.78, 5) is 25.2. The van der Waals surface area contributed by atoms with Crippen molar-refractivity contribution in [3.8, 4) is 5.75 Å². The van der Waals surface area contributed by atoms with Crippen molar-refractivity contribution in [1.29, 1.82) is 0 Å². The van der Waals surface area contributed by atoms with E-state index in [-0.39, 0.29) is 24.6 Å². The minimum absolute atomic E-state index is 0.102. The molecule has 1 aromatic carbocycles. The molecule has 0 bridgehead atoms. The molecule has 1 unspecified atom stereocenters. The summed E-state index contributed by atoms with van der Waals surface area (Å²) in [6.07, 6.45) is 2.25. The molecule has 1 atom stereocenters. The van der Waals surface area contributed by atoms with E-state index in [2.05, 4.69) is 13.8 Å². The standard InChI is InChI=1S/C18H25NO4/c1-13(2)11-14(3)23-18(21)12-22-16-8-6-15(7-9-16)19-10-4-5-17(19)20/h6-9,13-14H,4-5,10-12H2,1-3H3. The molecule has 1 aromatic rings. The number of nitrogens with zero attached hydrogens (tertiary/aromatic N) is 1. The number of anilines is 1. The highest BCUT2D eigenvalue weighted by Crippen LogP contribution is 2.23. The Hall–Kier alpha value is -2.04. The predicted molar refractivity (Wildman–Crippen MR) is 88.5 cm³/mol. The molecule has 0 aliphatic carbocycles. The van der Waals surface area contributed by atoms with Crippen LogP contribution in [0, 0.1) is 5.92 Å². The van der Waals surface area contributed by atoms with Crippen molar-refractivity contribution in [2.45, 2.75) is 46.1 Å². The van der Waals surface area contributed by atoms with Crippen LogP contribution in [0.1, 0.15) is 40.0 Å². The molecule has 0 aromatic heterocycles. The molecule has 0 spiro atoms. The number of hydrogen-bond acceptors (Lipinski definition) is 4. The van der Waals surface area contributed by atoms with E-state index >= 15 is 0 Å². The lowest BCUT2D eigenvalue weighted by atomic mass is 10.1. The summed E-state index contributed by atoms with van der Waals surface area (Å²) < 4.78 is 10.7. The molecular formula is C18H25NO4. The average molecular weight is 319 g/mol. The first-order valence-electron chi connectivity index (χ1n) is 8.18. The minimum atomic E-state index is -0.364. The monoisotopic (exact) mass is 319 g/mol. The largest absolute Gasteiger partial charge is 0.482 e. The van der Waals surface area contributed by atoms with Crippen molar-refractivity contribution in [1.82, 2.24) is 0 Å². The van der Waals surface area contributed by atoms with Crippen LogP contribution in [0.25, 0.3) is 0 Å². The third-order valence-electron chi connectivity index (χ3n) is 3.71. The summed E-state index contributed by atoms with van der Waals surface area (Å²) in [7, 11) is 0. The summed E-state index contributed by atoms with van der Waals surface area (Å²) in [6.45, 7) is 6.73. The maximum atomic E-state index is 11.7. The molecule has 1 saturated heterocycles. The number of benzene rings is 1. The van der Waals surface area contributed by atoms with Crippen LogP contribution in [-0.2, 0) is 14.3 Å². The number of rotatable bonds is 7. The van der Waals surface area contributed by atoms with Crippen molar-refractivity contribution in [3.05, 3.63) is 24.3 Å². The number of amides is 1. The Balaban J connectivity index is 1.79. The van der Waals surface area contributed by atoms with Gasteiger partial charge in [0.25, 0.3) is 0 Å². The highest BCUT2D eigenvalue weighted by Gasteiger charge is 2.21. The van der Waals surface area contributed by atoms with Crippen molar-refractivity contribution in [2.24, 2.45) is 5.92 Å². The molecule has 1 heterocycles. The van der Waals surface area contributed by atoms with E-state index in [1.54, 1.807) is 17.0 Å². The molecule has 0 N–H and O–H groups in total. The fourth-order valence-electron chi connectivity index (χ4n) is 2.76. The summed E-state index contributed by atoms with van der Waals surface area (Å²) in [5, 5.41) is 0. The van der Waals surface area contributed by atoms with Crippen LogP contribution in [-0.4, -0.2) is 31.1 Å². The third kappa shape index (κ3) is 5.27. The molecule has 0 saturated carbocycles. The van der Waals surface area contributed by atoms with Crippen molar-refractivity contribution in [3.63, 3.8) is 0 Å². The van der Waals surface area contributed by atoms with Crippen LogP contribution < -0.4 is 9.64 Å². The summed E-state index contributed by atoms with van der Waals surface area (Å²) in [5.41, 5.74) is 0.869. The number of carbonyl (C=O) groups excluding carboxylic acids is 2. The van der Waals surface area contributed by atoms with E-state index in [1.165, 1.54) is 0 Å². The topological polar surface area (TPSA) is 55.8 Å². The second kappa shape index (κ2) is 7.99. The number of carbonyl (C=O) groups is 2. The zero-order valence-corrected chi connectivity index (χ0v) is 14.1. The van der Waals surface area contributed by atoms with Crippen LogP contribution in [0.4, 0.5) is 5.69 Å². The Morgan fingerprint density at radius 3 is 2.48 bits per heavy atom. The smallest absolute Gasteiger partial charge is 0.344 e. The summed E-state index contributed by atoms with van der Waals surface area (Å²) >= 11 is 0. The van der Waals surface area contributed by atoms with Crippen LogP contribution in [0.3, 0.4) is 0 Å². The number of esters is 1. The van der Waals surface area contributed by atoms with E-state index in [4.69, 9.17) is 9.47 Å². The van der Waals surface area contributed by atoms with Gasteiger partial charge in [-0.25, -0.2) is 4.79 Å². The highest BCUT2D eigenvalue weighted by atomic mass is 16.6. The average Bonchev–Trinajstić information content (AvgIpc) is 2.91. The first kappa shape index (κ1) is 17.3. The lowest BCUT2D eigenvalue weighted by Gasteiger charge is -2.17. The maximum Gasteiger partial charge on any atom is 0.344 e. The molecule has 1 fully saturated rings. The number of hydrogen-bond donors (Lipinski definition) is 0. The molecule has 23 heavy (non-hydrogen) atoms. The Labute approximate surface area is 137 Å². The third-order valence-corrected chi connectivity index (χ3v) is 3.71. The van der Waals surface area contributed by atoms with Gasteiger partial charge in [-0.1, -0.05) is 13.8 Å². The van der Waals surface area contributed by atoms with Gasteiger partial charge in [-0.05, 0) is 49.9 Å². The Bertz CT molecular complexity index is 538. The zero-order valence-electron chi connectivity index (χ0n) is 14.1. The van der Waals surface area contributed by atoms with Gasteiger partial charge in [-0.2, -0.15) is 0 Å². The van der Waals surface area contributed by atoms with Crippen molar-refractivity contribution in [2.75, 3.05) is 18.1 Å². The van der Waals surface area contributed by atoms with E-state index in [0.717, 1.165) is 25.1 Å². The van der Waals surface area contributed by atoms with Gasteiger partial charge in [0.15, 0.2) is 6.61 Å². The van der Waals surface area contributed by atoms with E-state index in [0.29, 0.717) is 18.1 Å². The minimum Gasteiger partial charge on any atom is -0.482 e. The lowest BCUT2D eigenvalue weighted by molar-refractivity contribution is -0.151. The first-order chi connectivity index (χ1) is 11.0. The first-order valence-corrected chi connectivity index (χ1v) is 8.18. The summed E-state index contributed by atoms with van der Waals surface area (Å²) in [6, 6.07) is 7.22. The molecule has 1 aliphatic heterocycles. The fraction of sp³-hybridized carbons (Fsp3) is 0.556. The Morgan fingerprint density at radius 2 is 1.91 bits per heavy atom. The van der Waals surface area contributed by atoms with Crippen molar-refractivity contribution >= 4 is 17.6 Å². The van der Waals surface area contributed by atoms with Gasteiger partial charge in [0.05, 0.1) is 6.10 Å². The van der Waals surface area contributed by atoms with Crippen LogP contribution >= 0.6 is 0 Å². The SMILES string of the molecule is CC(C)CC(C)OC(=O)COc1ccc(N2CCCC2=O)cc1. The van der Waals surface area contributed by atoms with Gasteiger partial charge in [0.1, 0.15) is 5.75 Å². The molecule has 2 rings (SSSR count). The normalized spacial score (nSPS) is 15.8. The zero-order chi connectivity index (χ0) is 16.8.